The van der Waals surface area contributed by atoms with Crippen molar-refractivity contribution in [3.63, 3.8) is 0 Å². The summed E-state index contributed by atoms with van der Waals surface area (Å²) in [6, 6.07) is 7.77. The van der Waals surface area contributed by atoms with Gasteiger partial charge in [0.1, 0.15) is 0 Å². The molecular formula is C12H13BrINO. The van der Waals surface area contributed by atoms with E-state index in [0.717, 1.165) is 35.1 Å². The number of amides is 1. The Morgan fingerprint density at radius 1 is 1.50 bits per heavy atom. The molecule has 2 nitrogen and oxygen atoms in total. The summed E-state index contributed by atoms with van der Waals surface area (Å²) in [5, 5.41) is 0. The Morgan fingerprint density at radius 3 is 3.00 bits per heavy atom. The summed E-state index contributed by atoms with van der Waals surface area (Å²) < 4.78 is 1.11. The Bertz CT molecular complexity index is 396. The van der Waals surface area contributed by atoms with Crippen LogP contribution in [0, 0.1) is 3.57 Å². The molecule has 1 fully saturated rings. The summed E-state index contributed by atoms with van der Waals surface area (Å²) in [4.78, 5) is 14.6. The molecule has 1 atom stereocenters. The fourth-order valence-corrected chi connectivity index (χ4v) is 3.13. The number of alkyl halides is 1. The third-order valence-electron chi connectivity index (χ3n) is 2.72. The van der Waals surface area contributed by atoms with E-state index in [1.54, 1.807) is 0 Å². The van der Waals surface area contributed by atoms with E-state index in [1.807, 2.05) is 29.2 Å². The van der Waals surface area contributed by atoms with Crippen molar-refractivity contribution in [1.29, 1.82) is 0 Å². The van der Waals surface area contributed by atoms with Gasteiger partial charge in [0.15, 0.2) is 0 Å². The standard InChI is InChI=1S/C12H13BrINO/c13-10-4-2-6-15(8-10)12(16)9-3-1-5-11(14)7-9/h1,3,5,7,10H,2,4,6,8H2. The Labute approximate surface area is 118 Å². The number of halogens is 2. The first kappa shape index (κ1) is 12.4. The topological polar surface area (TPSA) is 20.3 Å². The van der Waals surface area contributed by atoms with Crippen molar-refractivity contribution in [3.8, 4) is 0 Å². The minimum absolute atomic E-state index is 0.155. The van der Waals surface area contributed by atoms with Crippen LogP contribution in [0.5, 0.6) is 0 Å². The van der Waals surface area contributed by atoms with Gasteiger partial charge in [-0.25, -0.2) is 0 Å². The van der Waals surface area contributed by atoms with Crippen LogP contribution in [0.4, 0.5) is 0 Å². The molecule has 0 aliphatic carbocycles. The van der Waals surface area contributed by atoms with Crippen LogP contribution in [0.1, 0.15) is 23.2 Å². The van der Waals surface area contributed by atoms with Crippen molar-refractivity contribution in [2.75, 3.05) is 13.1 Å². The Morgan fingerprint density at radius 2 is 2.31 bits per heavy atom. The SMILES string of the molecule is O=C(c1cccc(I)c1)N1CCCC(Br)C1. The lowest BCUT2D eigenvalue weighted by atomic mass is 10.1. The zero-order valence-corrected chi connectivity index (χ0v) is 12.6. The van der Waals surface area contributed by atoms with Crippen LogP contribution < -0.4 is 0 Å². The molecule has 1 aliphatic heterocycles. The van der Waals surface area contributed by atoms with Crippen LogP contribution in [-0.2, 0) is 0 Å². The number of benzene rings is 1. The molecule has 1 unspecified atom stereocenters. The van der Waals surface area contributed by atoms with E-state index in [4.69, 9.17) is 0 Å². The number of carbonyl (C=O) groups excluding carboxylic acids is 1. The molecule has 86 valence electrons. The van der Waals surface area contributed by atoms with Crippen molar-refractivity contribution in [1.82, 2.24) is 4.90 Å². The van der Waals surface area contributed by atoms with E-state index >= 15 is 0 Å². The monoisotopic (exact) mass is 393 g/mol. The van der Waals surface area contributed by atoms with E-state index in [9.17, 15) is 4.79 Å². The van der Waals surface area contributed by atoms with E-state index in [2.05, 4.69) is 38.5 Å². The van der Waals surface area contributed by atoms with Gasteiger partial charge < -0.3 is 4.90 Å². The number of piperidine rings is 1. The second-order valence-electron chi connectivity index (χ2n) is 4.00. The second-order valence-corrected chi connectivity index (χ2v) is 6.54. The number of likely N-dealkylation sites (tertiary alicyclic amines) is 1. The molecule has 4 heteroatoms. The third kappa shape index (κ3) is 2.97. The molecule has 1 aliphatic rings. The molecule has 0 N–H and O–H groups in total. The van der Waals surface area contributed by atoms with E-state index in [1.165, 1.54) is 0 Å². The maximum absolute atomic E-state index is 12.2. The summed E-state index contributed by atoms with van der Waals surface area (Å²) in [7, 11) is 0. The van der Waals surface area contributed by atoms with Gasteiger partial charge in [-0.3, -0.25) is 4.79 Å². The molecule has 1 amide bonds. The average molecular weight is 394 g/mol. The highest BCUT2D eigenvalue weighted by molar-refractivity contribution is 14.1. The molecule has 0 saturated carbocycles. The van der Waals surface area contributed by atoms with E-state index < -0.39 is 0 Å². The first-order valence-electron chi connectivity index (χ1n) is 5.36. The predicted molar refractivity (Wildman–Crippen MR) is 77.0 cm³/mol. The van der Waals surface area contributed by atoms with Gasteiger partial charge in [0.2, 0.25) is 0 Å². The van der Waals surface area contributed by atoms with Gasteiger partial charge in [0, 0.05) is 27.1 Å². The van der Waals surface area contributed by atoms with Gasteiger partial charge >= 0.3 is 0 Å². The molecular weight excluding hydrogens is 381 g/mol. The Hall–Kier alpha value is -0.100. The summed E-state index contributed by atoms with van der Waals surface area (Å²) in [5.41, 5.74) is 0.800. The largest absolute Gasteiger partial charge is 0.338 e. The van der Waals surface area contributed by atoms with Gasteiger partial charge in [-0.2, -0.15) is 0 Å². The Balaban J connectivity index is 2.12. The average Bonchev–Trinajstić information content (AvgIpc) is 2.28. The van der Waals surface area contributed by atoms with Crippen molar-refractivity contribution < 1.29 is 4.79 Å². The summed E-state index contributed by atoms with van der Waals surface area (Å²) >= 11 is 5.82. The molecule has 1 heterocycles. The van der Waals surface area contributed by atoms with Gasteiger partial charge in [-0.1, -0.05) is 22.0 Å². The van der Waals surface area contributed by atoms with Gasteiger partial charge in [0.25, 0.3) is 5.91 Å². The van der Waals surface area contributed by atoms with Crippen molar-refractivity contribution in [2.45, 2.75) is 17.7 Å². The summed E-state index contributed by atoms with van der Waals surface area (Å²) in [6.07, 6.45) is 2.25. The molecule has 16 heavy (non-hydrogen) atoms. The lowest BCUT2D eigenvalue weighted by molar-refractivity contribution is 0.0730. The van der Waals surface area contributed by atoms with Crippen LogP contribution in [-0.4, -0.2) is 28.7 Å². The van der Waals surface area contributed by atoms with Crippen molar-refractivity contribution in [3.05, 3.63) is 33.4 Å². The van der Waals surface area contributed by atoms with Crippen LogP contribution >= 0.6 is 38.5 Å². The molecule has 0 spiro atoms. The van der Waals surface area contributed by atoms with Gasteiger partial charge in [-0.05, 0) is 53.6 Å². The smallest absolute Gasteiger partial charge is 0.253 e. The van der Waals surface area contributed by atoms with Crippen LogP contribution in [0.25, 0.3) is 0 Å². The van der Waals surface area contributed by atoms with Gasteiger partial charge in [0.05, 0.1) is 0 Å². The zero-order chi connectivity index (χ0) is 11.5. The molecule has 0 radical (unpaired) electrons. The third-order valence-corrected chi connectivity index (χ3v) is 4.14. The molecule has 2 rings (SSSR count). The highest BCUT2D eigenvalue weighted by Crippen LogP contribution is 2.19. The highest BCUT2D eigenvalue weighted by atomic mass is 127. The van der Waals surface area contributed by atoms with Gasteiger partial charge in [-0.15, -0.1) is 0 Å². The second kappa shape index (κ2) is 5.49. The Kier molecular flexibility index (Phi) is 4.24. The summed E-state index contributed by atoms with van der Waals surface area (Å²) in [5.74, 6) is 0.155. The maximum atomic E-state index is 12.2. The number of rotatable bonds is 1. The normalized spacial score (nSPS) is 20.9. The number of hydrogen-bond acceptors (Lipinski definition) is 1. The minimum atomic E-state index is 0.155. The summed E-state index contributed by atoms with van der Waals surface area (Å²) in [6.45, 7) is 1.71. The maximum Gasteiger partial charge on any atom is 0.253 e. The van der Waals surface area contributed by atoms with Crippen LogP contribution in [0.15, 0.2) is 24.3 Å². The molecule has 1 saturated heterocycles. The molecule has 1 aromatic rings. The molecule has 0 aromatic heterocycles. The number of carbonyl (C=O) groups is 1. The molecule has 1 aromatic carbocycles. The van der Waals surface area contributed by atoms with Crippen LogP contribution in [0.2, 0.25) is 0 Å². The lowest BCUT2D eigenvalue weighted by Crippen LogP contribution is -2.40. The number of nitrogens with zero attached hydrogens (tertiary/aromatic N) is 1. The first-order chi connectivity index (χ1) is 7.66. The first-order valence-corrected chi connectivity index (χ1v) is 7.35. The van der Waals surface area contributed by atoms with Crippen molar-refractivity contribution in [2.24, 2.45) is 0 Å². The quantitative estimate of drug-likeness (QED) is 0.529. The predicted octanol–water partition coefficient (Wildman–Crippen LogP) is 3.29. The van der Waals surface area contributed by atoms with E-state index in [-0.39, 0.29) is 5.91 Å². The number of hydrogen-bond donors (Lipinski definition) is 0. The fraction of sp³-hybridized carbons (Fsp3) is 0.417. The van der Waals surface area contributed by atoms with E-state index in [0.29, 0.717) is 4.83 Å². The molecule has 0 bridgehead atoms. The zero-order valence-electron chi connectivity index (χ0n) is 8.83. The lowest BCUT2D eigenvalue weighted by Gasteiger charge is -2.30. The highest BCUT2D eigenvalue weighted by Gasteiger charge is 2.22. The minimum Gasteiger partial charge on any atom is -0.338 e. The van der Waals surface area contributed by atoms with Crippen molar-refractivity contribution >= 4 is 44.4 Å². The fourth-order valence-electron chi connectivity index (χ4n) is 1.91. The van der Waals surface area contributed by atoms with Crippen LogP contribution in [0.3, 0.4) is 0 Å².